The van der Waals surface area contributed by atoms with Gasteiger partial charge in [0.15, 0.2) is 11.5 Å². The van der Waals surface area contributed by atoms with Gasteiger partial charge in [0.05, 0.1) is 12.0 Å². The molecule has 0 fully saturated rings. The van der Waals surface area contributed by atoms with Gasteiger partial charge in [0, 0.05) is 17.9 Å². The Balaban J connectivity index is 2.06. The number of esters is 1. The third-order valence-corrected chi connectivity index (χ3v) is 5.05. The van der Waals surface area contributed by atoms with Crippen molar-refractivity contribution >= 4 is 17.8 Å². The van der Waals surface area contributed by atoms with Crippen molar-refractivity contribution in [2.24, 2.45) is 0 Å². The topological polar surface area (TPSA) is 61.8 Å². The van der Waals surface area contributed by atoms with Crippen molar-refractivity contribution < 1.29 is 23.8 Å². The summed E-state index contributed by atoms with van der Waals surface area (Å²) in [4.78, 5) is 24.9. The summed E-state index contributed by atoms with van der Waals surface area (Å²) < 4.78 is 17.8. The monoisotopic (exact) mass is 342 g/mol. The molecule has 2 atom stereocenters. The highest BCUT2D eigenvalue weighted by atomic mass is 16.5. The van der Waals surface area contributed by atoms with E-state index in [1.807, 2.05) is 39.8 Å². The number of rotatable bonds is 1. The zero-order valence-electron chi connectivity index (χ0n) is 15.0. The average Bonchev–Trinajstić information content (AvgIpc) is 2.52. The summed E-state index contributed by atoms with van der Waals surface area (Å²) >= 11 is 0. The number of carbonyl (C=O) groups is 2. The number of carbonyl (C=O) groups excluding carboxylic acids is 2. The van der Waals surface area contributed by atoms with Gasteiger partial charge in [0.1, 0.15) is 28.8 Å². The second-order valence-corrected chi connectivity index (χ2v) is 7.57. The molecule has 1 aromatic carbocycles. The molecule has 3 heterocycles. The number of fused-ring (bicyclic) bond motifs is 6. The SMILES string of the molecule is CCC1CC(=O)Oc2c3c(c4c(c21)OC(C)(C)C=C4)OC(C)CC3=O. The summed E-state index contributed by atoms with van der Waals surface area (Å²) in [5.74, 6) is 1.13. The first-order valence-corrected chi connectivity index (χ1v) is 8.83. The molecule has 0 radical (unpaired) electrons. The number of hydrogen-bond acceptors (Lipinski definition) is 5. The van der Waals surface area contributed by atoms with Crippen molar-refractivity contribution in [3.8, 4) is 17.2 Å². The van der Waals surface area contributed by atoms with Crippen LogP contribution < -0.4 is 14.2 Å². The first-order valence-electron chi connectivity index (χ1n) is 8.83. The molecule has 1 aromatic rings. The third-order valence-electron chi connectivity index (χ3n) is 5.05. The Bertz CT molecular complexity index is 818. The highest BCUT2D eigenvalue weighted by Crippen LogP contribution is 2.54. The molecule has 0 bridgehead atoms. The zero-order valence-corrected chi connectivity index (χ0v) is 15.0. The van der Waals surface area contributed by atoms with Crippen LogP contribution in [-0.4, -0.2) is 23.5 Å². The van der Waals surface area contributed by atoms with E-state index >= 15 is 0 Å². The van der Waals surface area contributed by atoms with E-state index in [-0.39, 0.29) is 30.2 Å². The standard InChI is InChI=1S/C20H22O5/c1-5-11-9-14(22)24-19-15(11)18-12(6-7-20(3,4)25-18)17-16(19)13(21)8-10(2)23-17/h6-7,10-11H,5,8-9H2,1-4H3. The highest BCUT2D eigenvalue weighted by Gasteiger charge is 2.42. The molecule has 3 aliphatic heterocycles. The fraction of sp³-hybridized carbons (Fsp3) is 0.500. The lowest BCUT2D eigenvalue weighted by Gasteiger charge is -2.37. The number of ether oxygens (including phenoxy) is 3. The lowest BCUT2D eigenvalue weighted by molar-refractivity contribution is -0.136. The number of benzene rings is 1. The molecule has 5 nitrogen and oxygen atoms in total. The van der Waals surface area contributed by atoms with Crippen LogP contribution in [0.15, 0.2) is 6.08 Å². The maximum absolute atomic E-state index is 12.7. The van der Waals surface area contributed by atoms with Gasteiger partial charge in [-0.15, -0.1) is 0 Å². The van der Waals surface area contributed by atoms with Crippen molar-refractivity contribution in [2.45, 2.75) is 64.6 Å². The Hall–Kier alpha value is -2.30. The quantitative estimate of drug-likeness (QED) is 0.570. The van der Waals surface area contributed by atoms with Crippen LogP contribution in [0.5, 0.6) is 17.2 Å². The maximum atomic E-state index is 12.7. The maximum Gasteiger partial charge on any atom is 0.311 e. The number of ketones is 1. The summed E-state index contributed by atoms with van der Waals surface area (Å²) in [6, 6.07) is 0. The Morgan fingerprint density at radius 1 is 1.16 bits per heavy atom. The van der Waals surface area contributed by atoms with Crippen LogP contribution in [0, 0.1) is 0 Å². The molecule has 25 heavy (non-hydrogen) atoms. The van der Waals surface area contributed by atoms with Crippen LogP contribution in [0.25, 0.3) is 6.08 Å². The Morgan fingerprint density at radius 3 is 2.64 bits per heavy atom. The molecule has 4 rings (SSSR count). The summed E-state index contributed by atoms with van der Waals surface area (Å²) in [5.41, 5.74) is 1.54. The fourth-order valence-corrected chi connectivity index (χ4v) is 3.83. The van der Waals surface area contributed by atoms with Crippen molar-refractivity contribution in [1.29, 1.82) is 0 Å². The van der Waals surface area contributed by atoms with Gasteiger partial charge in [0.2, 0.25) is 0 Å². The molecule has 2 unspecified atom stereocenters. The summed E-state index contributed by atoms with van der Waals surface area (Å²) in [5, 5.41) is 0. The molecule has 0 aliphatic carbocycles. The average molecular weight is 342 g/mol. The van der Waals surface area contributed by atoms with E-state index in [1.165, 1.54) is 0 Å². The summed E-state index contributed by atoms with van der Waals surface area (Å²) in [7, 11) is 0. The minimum Gasteiger partial charge on any atom is -0.489 e. The molecule has 132 valence electrons. The summed E-state index contributed by atoms with van der Waals surface area (Å²) in [6.07, 6.45) is 5.06. The highest BCUT2D eigenvalue weighted by molar-refractivity contribution is 6.06. The molecule has 0 N–H and O–H groups in total. The Labute approximate surface area is 146 Å². The van der Waals surface area contributed by atoms with Crippen LogP contribution in [-0.2, 0) is 4.79 Å². The van der Waals surface area contributed by atoms with Gasteiger partial charge in [-0.05, 0) is 39.3 Å². The molecule has 0 saturated carbocycles. The normalized spacial score (nSPS) is 25.9. The van der Waals surface area contributed by atoms with Gasteiger partial charge in [-0.25, -0.2) is 0 Å². The van der Waals surface area contributed by atoms with Gasteiger partial charge in [-0.1, -0.05) is 6.92 Å². The number of hydrogen-bond donors (Lipinski definition) is 0. The first kappa shape index (κ1) is 16.2. The van der Waals surface area contributed by atoms with Crippen molar-refractivity contribution in [3.63, 3.8) is 0 Å². The third kappa shape index (κ3) is 2.44. The van der Waals surface area contributed by atoms with Crippen LogP contribution >= 0.6 is 0 Å². The van der Waals surface area contributed by atoms with E-state index in [9.17, 15) is 9.59 Å². The molecular weight excluding hydrogens is 320 g/mol. The van der Waals surface area contributed by atoms with Gasteiger partial charge in [-0.2, -0.15) is 0 Å². The van der Waals surface area contributed by atoms with Crippen molar-refractivity contribution in [3.05, 3.63) is 22.8 Å². The predicted molar refractivity (Wildman–Crippen MR) is 92.5 cm³/mol. The van der Waals surface area contributed by atoms with E-state index < -0.39 is 5.60 Å². The fourth-order valence-electron chi connectivity index (χ4n) is 3.83. The molecule has 0 spiro atoms. The minimum absolute atomic E-state index is 0.0234. The van der Waals surface area contributed by atoms with E-state index in [2.05, 4.69) is 0 Å². The van der Waals surface area contributed by atoms with Crippen LogP contribution in [0.1, 0.15) is 74.4 Å². The largest absolute Gasteiger partial charge is 0.489 e. The van der Waals surface area contributed by atoms with E-state index in [4.69, 9.17) is 14.2 Å². The van der Waals surface area contributed by atoms with Crippen molar-refractivity contribution in [2.75, 3.05) is 0 Å². The van der Waals surface area contributed by atoms with Crippen LogP contribution in [0.4, 0.5) is 0 Å². The molecule has 3 aliphatic rings. The lowest BCUT2D eigenvalue weighted by Crippen LogP contribution is -2.33. The van der Waals surface area contributed by atoms with Crippen molar-refractivity contribution in [1.82, 2.24) is 0 Å². The number of Topliss-reactive ketones (excluding diaryl/α,β-unsaturated/α-hetero) is 1. The molecule has 5 heteroatoms. The molecular formula is C20H22O5. The lowest BCUT2D eigenvalue weighted by atomic mass is 9.82. The van der Waals surface area contributed by atoms with Crippen LogP contribution in [0.3, 0.4) is 0 Å². The van der Waals surface area contributed by atoms with E-state index in [1.54, 1.807) is 0 Å². The zero-order chi connectivity index (χ0) is 17.9. The first-order chi connectivity index (χ1) is 11.8. The molecule has 0 amide bonds. The second kappa shape index (κ2) is 5.35. The van der Waals surface area contributed by atoms with Gasteiger partial charge < -0.3 is 14.2 Å². The molecule has 0 aromatic heterocycles. The van der Waals surface area contributed by atoms with E-state index in [0.29, 0.717) is 29.2 Å². The Morgan fingerprint density at radius 2 is 1.92 bits per heavy atom. The Kier molecular flexibility index (Phi) is 3.46. The predicted octanol–water partition coefficient (Wildman–Crippen LogP) is 4.03. The van der Waals surface area contributed by atoms with E-state index in [0.717, 1.165) is 17.5 Å². The second-order valence-electron chi connectivity index (χ2n) is 7.57. The summed E-state index contributed by atoms with van der Waals surface area (Å²) in [6.45, 7) is 7.85. The van der Waals surface area contributed by atoms with Crippen LogP contribution in [0.2, 0.25) is 0 Å². The smallest absolute Gasteiger partial charge is 0.311 e. The minimum atomic E-state index is -0.473. The van der Waals surface area contributed by atoms with Gasteiger partial charge >= 0.3 is 5.97 Å². The molecule has 0 saturated heterocycles. The van der Waals surface area contributed by atoms with Gasteiger partial charge in [0.25, 0.3) is 0 Å². The van der Waals surface area contributed by atoms with Gasteiger partial charge in [-0.3, -0.25) is 9.59 Å².